The van der Waals surface area contributed by atoms with E-state index in [2.05, 4.69) is 9.80 Å². The fraction of sp³-hybridized carbons (Fsp3) is 0.409. The van der Waals surface area contributed by atoms with Crippen LogP contribution in [0.5, 0.6) is 17.2 Å². The number of ether oxygens (including phenoxy) is 2. The average Bonchev–Trinajstić information content (AvgIpc) is 2.74. The van der Waals surface area contributed by atoms with Gasteiger partial charge in [-0.15, -0.1) is 0 Å². The molecule has 0 spiro atoms. The maximum atomic E-state index is 12.7. The molecule has 1 aliphatic rings. The number of phenolic OH excluding ortho intramolecular Hbond substituents is 1. The zero-order chi connectivity index (χ0) is 20.8. The van der Waals surface area contributed by atoms with Gasteiger partial charge in [0.05, 0.1) is 20.8 Å². The second kappa shape index (κ2) is 9.52. The molecule has 1 amide bonds. The lowest BCUT2D eigenvalue weighted by atomic mass is 10.2. The number of hydrogen-bond donors (Lipinski definition) is 1. The lowest BCUT2D eigenvalue weighted by Crippen LogP contribution is -2.49. The van der Waals surface area contributed by atoms with Gasteiger partial charge in [0.25, 0.3) is 0 Å². The minimum Gasteiger partial charge on any atom is -0.508 e. The molecule has 0 unspecified atom stereocenters. The van der Waals surface area contributed by atoms with Crippen LogP contribution in [0.1, 0.15) is 5.56 Å². The summed E-state index contributed by atoms with van der Waals surface area (Å²) in [5.74, 6) is 1.71. The molecule has 1 saturated heterocycles. The minimum absolute atomic E-state index is 0.0952. The van der Waals surface area contributed by atoms with Crippen LogP contribution in [0.15, 0.2) is 42.5 Å². The van der Waals surface area contributed by atoms with Gasteiger partial charge in [0.1, 0.15) is 5.75 Å². The molecule has 3 rings (SSSR count). The van der Waals surface area contributed by atoms with Crippen LogP contribution < -0.4 is 14.4 Å². The van der Waals surface area contributed by atoms with E-state index in [1.54, 1.807) is 31.3 Å². The number of phenols is 1. The SMILES string of the molecule is COc1ccc(CN(C)C(=O)CN2CCN(c3ccc(O)cc3)CC2)cc1OC. The van der Waals surface area contributed by atoms with Gasteiger partial charge in [-0.1, -0.05) is 6.07 Å². The molecule has 7 heteroatoms. The number of rotatable bonds is 7. The summed E-state index contributed by atoms with van der Waals surface area (Å²) in [5, 5.41) is 9.43. The number of carbonyl (C=O) groups excluding carboxylic acids is 1. The summed E-state index contributed by atoms with van der Waals surface area (Å²) in [6.07, 6.45) is 0. The van der Waals surface area contributed by atoms with Crippen molar-refractivity contribution in [3.05, 3.63) is 48.0 Å². The van der Waals surface area contributed by atoms with Crippen molar-refractivity contribution >= 4 is 11.6 Å². The molecule has 1 aliphatic heterocycles. The highest BCUT2D eigenvalue weighted by Gasteiger charge is 2.21. The highest BCUT2D eigenvalue weighted by molar-refractivity contribution is 5.78. The Morgan fingerprint density at radius 2 is 1.66 bits per heavy atom. The molecule has 0 radical (unpaired) electrons. The first-order valence-electron chi connectivity index (χ1n) is 9.71. The third-order valence-corrected chi connectivity index (χ3v) is 5.24. The van der Waals surface area contributed by atoms with Crippen LogP contribution in [0.4, 0.5) is 5.69 Å². The van der Waals surface area contributed by atoms with E-state index in [0.29, 0.717) is 24.6 Å². The van der Waals surface area contributed by atoms with E-state index in [1.165, 1.54) is 0 Å². The quantitative estimate of drug-likeness (QED) is 0.770. The van der Waals surface area contributed by atoms with E-state index in [1.807, 2.05) is 37.4 Å². The molecule has 2 aromatic rings. The van der Waals surface area contributed by atoms with E-state index >= 15 is 0 Å². The van der Waals surface area contributed by atoms with E-state index < -0.39 is 0 Å². The molecular weight excluding hydrogens is 370 g/mol. The van der Waals surface area contributed by atoms with Crippen LogP contribution in [0.3, 0.4) is 0 Å². The molecule has 29 heavy (non-hydrogen) atoms. The number of hydrogen-bond acceptors (Lipinski definition) is 6. The summed E-state index contributed by atoms with van der Waals surface area (Å²) >= 11 is 0. The average molecular weight is 399 g/mol. The van der Waals surface area contributed by atoms with Gasteiger partial charge in [0.2, 0.25) is 5.91 Å². The summed E-state index contributed by atoms with van der Waals surface area (Å²) < 4.78 is 10.6. The highest BCUT2D eigenvalue weighted by atomic mass is 16.5. The van der Waals surface area contributed by atoms with Crippen molar-refractivity contribution in [3.8, 4) is 17.2 Å². The third-order valence-electron chi connectivity index (χ3n) is 5.24. The van der Waals surface area contributed by atoms with Crippen molar-refractivity contribution < 1.29 is 19.4 Å². The molecule has 7 nitrogen and oxygen atoms in total. The van der Waals surface area contributed by atoms with Crippen molar-refractivity contribution in [2.75, 3.05) is 58.9 Å². The molecule has 0 atom stereocenters. The molecule has 1 N–H and O–H groups in total. The summed E-state index contributed by atoms with van der Waals surface area (Å²) in [4.78, 5) is 18.9. The second-order valence-corrected chi connectivity index (χ2v) is 7.22. The Morgan fingerprint density at radius 1 is 1.00 bits per heavy atom. The predicted molar refractivity (Wildman–Crippen MR) is 113 cm³/mol. The van der Waals surface area contributed by atoms with Crippen molar-refractivity contribution in [2.24, 2.45) is 0 Å². The van der Waals surface area contributed by atoms with Crippen LogP contribution in [-0.4, -0.2) is 74.8 Å². The largest absolute Gasteiger partial charge is 0.508 e. The van der Waals surface area contributed by atoms with E-state index in [9.17, 15) is 9.90 Å². The molecule has 1 fully saturated rings. The fourth-order valence-corrected chi connectivity index (χ4v) is 3.48. The smallest absolute Gasteiger partial charge is 0.236 e. The standard InChI is InChI=1S/C22H29N3O4/c1-23(15-17-4-9-20(28-2)21(14-17)29-3)22(27)16-24-10-12-25(13-11-24)18-5-7-19(26)8-6-18/h4-9,14,26H,10-13,15-16H2,1-3H3. The molecule has 0 aliphatic carbocycles. The van der Waals surface area contributed by atoms with Gasteiger partial charge < -0.3 is 24.4 Å². The van der Waals surface area contributed by atoms with E-state index in [-0.39, 0.29) is 11.7 Å². The lowest BCUT2D eigenvalue weighted by Gasteiger charge is -2.36. The zero-order valence-corrected chi connectivity index (χ0v) is 17.3. The zero-order valence-electron chi connectivity index (χ0n) is 17.3. The van der Waals surface area contributed by atoms with Gasteiger partial charge in [-0.2, -0.15) is 0 Å². The number of nitrogens with zero attached hydrogens (tertiary/aromatic N) is 3. The van der Waals surface area contributed by atoms with Gasteiger partial charge in [-0.3, -0.25) is 9.69 Å². The number of likely N-dealkylation sites (N-methyl/N-ethyl adjacent to an activating group) is 1. The second-order valence-electron chi connectivity index (χ2n) is 7.22. The van der Waals surface area contributed by atoms with Gasteiger partial charge in [-0.05, 0) is 42.0 Å². The molecule has 0 saturated carbocycles. The lowest BCUT2D eigenvalue weighted by molar-refractivity contribution is -0.131. The molecule has 0 bridgehead atoms. The number of aromatic hydroxyl groups is 1. The number of methoxy groups -OCH3 is 2. The Morgan fingerprint density at radius 3 is 2.28 bits per heavy atom. The van der Waals surface area contributed by atoms with Crippen LogP contribution >= 0.6 is 0 Å². The van der Waals surface area contributed by atoms with Crippen LogP contribution in [0.2, 0.25) is 0 Å². The van der Waals surface area contributed by atoms with Gasteiger partial charge >= 0.3 is 0 Å². The van der Waals surface area contributed by atoms with Crippen molar-refractivity contribution in [1.82, 2.24) is 9.80 Å². The van der Waals surface area contributed by atoms with Crippen LogP contribution in [0, 0.1) is 0 Å². The Kier molecular flexibility index (Phi) is 6.82. The van der Waals surface area contributed by atoms with Gasteiger partial charge in [0.15, 0.2) is 11.5 Å². The highest BCUT2D eigenvalue weighted by Crippen LogP contribution is 2.28. The molecule has 0 aromatic heterocycles. The summed E-state index contributed by atoms with van der Waals surface area (Å²) in [6.45, 7) is 4.31. The number of anilines is 1. The Labute approximate surface area is 172 Å². The summed E-state index contributed by atoms with van der Waals surface area (Å²) in [7, 11) is 5.04. The third kappa shape index (κ3) is 5.32. The summed E-state index contributed by atoms with van der Waals surface area (Å²) in [5.41, 5.74) is 2.09. The Hall–Kier alpha value is -2.93. The topological polar surface area (TPSA) is 65.5 Å². The Bertz CT molecular complexity index is 817. The maximum absolute atomic E-state index is 12.7. The van der Waals surface area contributed by atoms with Crippen LogP contribution in [-0.2, 0) is 11.3 Å². The fourth-order valence-electron chi connectivity index (χ4n) is 3.48. The minimum atomic E-state index is 0.0952. The predicted octanol–water partition coefficient (Wildman–Crippen LogP) is 2.19. The van der Waals surface area contributed by atoms with Crippen LogP contribution in [0.25, 0.3) is 0 Å². The normalized spacial score (nSPS) is 14.5. The maximum Gasteiger partial charge on any atom is 0.236 e. The number of carbonyl (C=O) groups is 1. The van der Waals surface area contributed by atoms with E-state index in [4.69, 9.17) is 9.47 Å². The van der Waals surface area contributed by atoms with Crippen molar-refractivity contribution in [3.63, 3.8) is 0 Å². The summed E-state index contributed by atoms with van der Waals surface area (Å²) in [6, 6.07) is 13.0. The number of benzene rings is 2. The molecular formula is C22H29N3O4. The molecule has 1 heterocycles. The van der Waals surface area contributed by atoms with Crippen molar-refractivity contribution in [2.45, 2.75) is 6.54 Å². The molecule has 2 aromatic carbocycles. The van der Waals surface area contributed by atoms with E-state index in [0.717, 1.165) is 37.4 Å². The number of piperazine rings is 1. The Balaban J connectivity index is 1.49. The van der Waals surface area contributed by atoms with Gasteiger partial charge in [-0.25, -0.2) is 0 Å². The van der Waals surface area contributed by atoms with Crippen molar-refractivity contribution in [1.29, 1.82) is 0 Å². The molecule has 156 valence electrons. The van der Waals surface area contributed by atoms with Gasteiger partial charge in [0, 0.05) is 45.5 Å². The number of amides is 1. The monoisotopic (exact) mass is 399 g/mol. The first kappa shape index (κ1) is 20.8. The first-order chi connectivity index (χ1) is 14.0. The first-order valence-corrected chi connectivity index (χ1v) is 9.71.